The molecule has 25 heavy (non-hydrogen) atoms. The van der Waals surface area contributed by atoms with E-state index in [9.17, 15) is 9.59 Å². The molecule has 1 aromatic heterocycles. The molecule has 1 unspecified atom stereocenters. The van der Waals surface area contributed by atoms with Crippen molar-refractivity contribution >= 4 is 11.9 Å². The summed E-state index contributed by atoms with van der Waals surface area (Å²) < 4.78 is 6.75. The largest absolute Gasteiger partial charge is 0.481 e. The summed E-state index contributed by atoms with van der Waals surface area (Å²) in [6.07, 6.45) is 1.25. The van der Waals surface area contributed by atoms with Crippen molar-refractivity contribution < 1.29 is 19.4 Å². The molecule has 2 aromatic rings. The Bertz CT molecular complexity index is 784. The van der Waals surface area contributed by atoms with Gasteiger partial charge in [0.25, 0.3) is 5.91 Å². The highest BCUT2D eigenvalue weighted by atomic mass is 16.5. The van der Waals surface area contributed by atoms with Gasteiger partial charge in [0.15, 0.2) is 0 Å². The van der Waals surface area contributed by atoms with Crippen LogP contribution in [0.2, 0.25) is 0 Å². The van der Waals surface area contributed by atoms with Crippen molar-refractivity contribution in [2.24, 2.45) is 0 Å². The van der Waals surface area contributed by atoms with E-state index in [1.54, 1.807) is 18.5 Å². The lowest BCUT2D eigenvalue weighted by molar-refractivity contribution is -0.139. The predicted molar refractivity (Wildman–Crippen MR) is 93.0 cm³/mol. The molecule has 0 saturated carbocycles. The molecule has 0 fully saturated rings. The predicted octanol–water partition coefficient (Wildman–Crippen LogP) is 2.10. The number of nitrogens with one attached hydrogen (secondary N) is 1. The van der Waals surface area contributed by atoms with E-state index >= 15 is 0 Å². The Balaban J connectivity index is 2.27. The molecule has 1 atom stereocenters. The maximum Gasteiger partial charge on any atom is 0.305 e. The van der Waals surface area contributed by atoms with Gasteiger partial charge < -0.3 is 15.2 Å². The van der Waals surface area contributed by atoms with Crippen molar-refractivity contribution in [2.45, 2.75) is 32.7 Å². The number of aromatic nitrogens is 2. The number of hydrogen-bond donors (Lipinski definition) is 2. The molecule has 2 rings (SSSR count). The number of carboxylic acid groups (broad SMARTS) is 1. The summed E-state index contributed by atoms with van der Waals surface area (Å²) >= 11 is 0. The molecule has 134 valence electrons. The fraction of sp³-hybridized carbons (Fsp3) is 0.389. The van der Waals surface area contributed by atoms with Gasteiger partial charge in [0, 0.05) is 7.11 Å². The standard InChI is InChI=1S/C18H23N3O4/c1-12-6-5-7-14(8-12)21-13(2)15(10-19-21)17(24)20-18(3,11-25-4)9-16(22)23/h5-8,10H,9,11H2,1-4H3,(H,20,24)(H,22,23). The van der Waals surface area contributed by atoms with Gasteiger partial charge in [0.1, 0.15) is 0 Å². The summed E-state index contributed by atoms with van der Waals surface area (Å²) in [6.45, 7) is 5.52. The average molecular weight is 345 g/mol. The summed E-state index contributed by atoms with van der Waals surface area (Å²) in [5.74, 6) is -1.38. The topological polar surface area (TPSA) is 93.4 Å². The van der Waals surface area contributed by atoms with Gasteiger partial charge >= 0.3 is 5.97 Å². The number of carbonyl (C=O) groups is 2. The monoisotopic (exact) mass is 345 g/mol. The first-order chi connectivity index (χ1) is 11.8. The highest BCUT2D eigenvalue weighted by molar-refractivity contribution is 5.96. The van der Waals surface area contributed by atoms with E-state index in [1.165, 1.54) is 13.3 Å². The summed E-state index contributed by atoms with van der Waals surface area (Å²) in [7, 11) is 1.47. The number of hydrogen-bond acceptors (Lipinski definition) is 4. The normalized spacial score (nSPS) is 13.3. The Morgan fingerprint density at radius 1 is 1.36 bits per heavy atom. The van der Waals surface area contributed by atoms with Crippen LogP contribution < -0.4 is 5.32 Å². The zero-order valence-electron chi connectivity index (χ0n) is 14.9. The molecule has 1 amide bonds. The van der Waals surface area contributed by atoms with Crippen LogP contribution in [0.15, 0.2) is 30.5 Å². The molecule has 7 nitrogen and oxygen atoms in total. The second-order valence-electron chi connectivity index (χ2n) is 6.41. The Hall–Kier alpha value is -2.67. The van der Waals surface area contributed by atoms with Crippen LogP contribution in [-0.4, -0.2) is 46.0 Å². The van der Waals surface area contributed by atoms with E-state index in [0.717, 1.165) is 11.3 Å². The summed E-state index contributed by atoms with van der Waals surface area (Å²) in [6, 6.07) is 7.79. The van der Waals surface area contributed by atoms with Gasteiger partial charge in [-0.2, -0.15) is 5.10 Å². The molecule has 1 aromatic carbocycles. The van der Waals surface area contributed by atoms with E-state index in [2.05, 4.69) is 10.4 Å². The third-order valence-corrected chi connectivity index (χ3v) is 3.92. The maximum atomic E-state index is 12.6. The fourth-order valence-electron chi connectivity index (χ4n) is 2.78. The Morgan fingerprint density at radius 3 is 2.68 bits per heavy atom. The van der Waals surface area contributed by atoms with Crippen molar-refractivity contribution in [1.29, 1.82) is 0 Å². The molecule has 0 aliphatic carbocycles. The van der Waals surface area contributed by atoms with Gasteiger partial charge in [0.2, 0.25) is 0 Å². The third kappa shape index (κ3) is 4.45. The zero-order valence-corrected chi connectivity index (χ0v) is 14.9. The minimum atomic E-state index is -1.01. The first kappa shape index (κ1) is 18.7. The Kier molecular flexibility index (Phi) is 5.58. The molecular weight excluding hydrogens is 322 g/mol. The van der Waals surface area contributed by atoms with Crippen molar-refractivity contribution in [1.82, 2.24) is 15.1 Å². The van der Waals surface area contributed by atoms with Crippen LogP contribution in [0.4, 0.5) is 0 Å². The fourth-order valence-corrected chi connectivity index (χ4v) is 2.78. The molecule has 0 bridgehead atoms. The molecule has 1 heterocycles. The lowest BCUT2D eigenvalue weighted by Crippen LogP contribution is -2.50. The number of methoxy groups -OCH3 is 1. The number of rotatable bonds is 7. The number of carbonyl (C=O) groups excluding carboxylic acids is 1. The third-order valence-electron chi connectivity index (χ3n) is 3.92. The number of nitrogens with zero attached hydrogens (tertiary/aromatic N) is 2. The summed E-state index contributed by atoms with van der Waals surface area (Å²) in [5.41, 5.74) is 2.02. The Labute approximate surface area is 146 Å². The van der Waals surface area contributed by atoms with Crippen LogP contribution in [0, 0.1) is 13.8 Å². The molecule has 0 radical (unpaired) electrons. The highest BCUT2D eigenvalue weighted by Gasteiger charge is 2.31. The lowest BCUT2D eigenvalue weighted by Gasteiger charge is -2.28. The number of carboxylic acids is 1. The number of amides is 1. The molecule has 7 heteroatoms. The molecule has 0 aliphatic rings. The van der Waals surface area contributed by atoms with Crippen LogP contribution >= 0.6 is 0 Å². The van der Waals surface area contributed by atoms with Gasteiger partial charge in [-0.25, -0.2) is 4.68 Å². The van der Waals surface area contributed by atoms with E-state index in [1.807, 2.05) is 31.2 Å². The number of benzene rings is 1. The second-order valence-corrected chi connectivity index (χ2v) is 6.41. The second kappa shape index (κ2) is 7.48. The van der Waals surface area contributed by atoms with E-state index < -0.39 is 11.5 Å². The van der Waals surface area contributed by atoms with Crippen molar-refractivity contribution in [2.75, 3.05) is 13.7 Å². The summed E-state index contributed by atoms with van der Waals surface area (Å²) in [5, 5.41) is 16.1. The Morgan fingerprint density at radius 2 is 2.08 bits per heavy atom. The zero-order chi connectivity index (χ0) is 18.6. The quantitative estimate of drug-likeness (QED) is 0.801. The van der Waals surface area contributed by atoms with Gasteiger partial charge in [-0.05, 0) is 38.5 Å². The van der Waals surface area contributed by atoms with Gasteiger partial charge in [0.05, 0.1) is 41.7 Å². The van der Waals surface area contributed by atoms with Crippen LogP contribution in [0.25, 0.3) is 5.69 Å². The minimum absolute atomic E-state index is 0.0934. The SMILES string of the molecule is COCC(C)(CC(=O)O)NC(=O)c1cnn(-c2cccc(C)c2)c1C. The van der Waals surface area contributed by atoms with Gasteiger partial charge in [-0.1, -0.05) is 12.1 Å². The molecule has 0 spiro atoms. The number of ether oxygens (including phenoxy) is 1. The van der Waals surface area contributed by atoms with Crippen LogP contribution in [0.3, 0.4) is 0 Å². The van der Waals surface area contributed by atoms with Gasteiger partial charge in [-0.3, -0.25) is 9.59 Å². The van der Waals surface area contributed by atoms with Gasteiger partial charge in [-0.15, -0.1) is 0 Å². The molecular formula is C18H23N3O4. The highest BCUT2D eigenvalue weighted by Crippen LogP contribution is 2.17. The van der Waals surface area contributed by atoms with E-state index in [-0.39, 0.29) is 18.9 Å². The first-order valence-electron chi connectivity index (χ1n) is 7.90. The van der Waals surface area contributed by atoms with E-state index in [0.29, 0.717) is 11.3 Å². The van der Waals surface area contributed by atoms with Crippen molar-refractivity contribution in [3.63, 3.8) is 0 Å². The summed E-state index contributed by atoms with van der Waals surface area (Å²) in [4.78, 5) is 23.7. The molecule has 0 aliphatic heterocycles. The van der Waals surface area contributed by atoms with Crippen LogP contribution in [0.5, 0.6) is 0 Å². The number of aryl methyl sites for hydroxylation is 1. The molecule has 2 N–H and O–H groups in total. The smallest absolute Gasteiger partial charge is 0.305 e. The van der Waals surface area contributed by atoms with E-state index in [4.69, 9.17) is 9.84 Å². The molecule has 0 saturated heterocycles. The maximum absolute atomic E-state index is 12.6. The van der Waals surface area contributed by atoms with Crippen LogP contribution in [-0.2, 0) is 9.53 Å². The first-order valence-corrected chi connectivity index (χ1v) is 7.90. The van der Waals surface area contributed by atoms with Crippen molar-refractivity contribution in [3.8, 4) is 5.69 Å². The number of aliphatic carboxylic acids is 1. The van der Waals surface area contributed by atoms with Crippen molar-refractivity contribution in [3.05, 3.63) is 47.3 Å². The van der Waals surface area contributed by atoms with Crippen LogP contribution in [0.1, 0.15) is 35.0 Å². The minimum Gasteiger partial charge on any atom is -0.481 e. The lowest BCUT2D eigenvalue weighted by atomic mass is 9.98. The average Bonchev–Trinajstić information content (AvgIpc) is 2.88.